The molecule has 0 aromatic heterocycles. The van der Waals surface area contributed by atoms with E-state index in [1.54, 1.807) is 24.0 Å². The number of amides is 2. The summed E-state index contributed by atoms with van der Waals surface area (Å²) in [5.74, 6) is -0.0218. The lowest BCUT2D eigenvalue weighted by molar-refractivity contribution is -0.165. The van der Waals surface area contributed by atoms with Gasteiger partial charge in [-0.25, -0.2) is 0 Å². The highest BCUT2D eigenvalue weighted by Crippen LogP contribution is 2.37. The number of likely N-dealkylation sites (N-methyl/N-ethyl adjacent to an activating group) is 2. The molecule has 0 saturated carbocycles. The summed E-state index contributed by atoms with van der Waals surface area (Å²) in [6, 6.07) is 10.7. The molecule has 1 aliphatic rings. The van der Waals surface area contributed by atoms with Gasteiger partial charge in [0.15, 0.2) is 0 Å². The molecule has 238 valence electrons. The summed E-state index contributed by atoms with van der Waals surface area (Å²) in [5.41, 5.74) is 3.69. The van der Waals surface area contributed by atoms with E-state index in [9.17, 15) is 19.8 Å². The SMILES string of the molecule is CCN(CC)C(=O)[C@@H](CN(C)C)NC(=O)c1cc(-c2cccc(CN3C[C@H]([C@H](C)O)[C@H](CO)O3)c2OC)cc(N(C)C)c1. The van der Waals surface area contributed by atoms with Crippen LogP contribution in [0.2, 0.25) is 0 Å². The highest BCUT2D eigenvalue weighted by atomic mass is 16.7. The number of nitrogens with one attached hydrogen (secondary N) is 1. The van der Waals surface area contributed by atoms with Crippen molar-refractivity contribution in [3.63, 3.8) is 0 Å². The molecular formula is C32H49N5O6. The number of para-hydroxylation sites is 1. The molecule has 4 atom stereocenters. The van der Waals surface area contributed by atoms with Crippen LogP contribution in [0.1, 0.15) is 36.7 Å². The van der Waals surface area contributed by atoms with Gasteiger partial charge in [-0.3, -0.25) is 14.4 Å². The maximum Gasteiger partial charge on any atom is 0.252 e. The Morgan fingerprint density at radius 1 is 1.14 bits per heavy atom. The molecule has 11 heteroatoms. The van der Waals surface area contributed by atoms with Gasteiger partial charge in [0.2, 0.25) is 5.91 Å². The normalized spacial score (nSPS) is 18.4. The van der Waals surface area contributed by atoms with Crippen LogP contribution in [0.3, 0.4) is 0 Å². The van der Waals surface area contributed by atoms with Crippen molar-refractivity contribution >= 4 is 17.5 Å². The average molecular weight is 600 g/mol. The van der Waals surface area contributed by atoms with Crippen LogP contribution < -0.4 is 15.0 Å². The van der Waals surface area contributed by atoms with Crippen LogP contribution in [-0.4, -0.2) is 123 Å². The van der Waals surface area contributed by atoms with Crippen molar-refractivity contribution in [3.8, 4) is 16.9 Å². The van der Waals surface area contributed by atoms with Gasteiger partial charge in [0.1, 0.15) is 17.9 Å². The van der Waals surface area contributed by atoms with E-state index < -0.39 is 18.2 Å². The van der Waals surface area contributed by atoms with Crippen molar-refractivity contribution in [2.45, 2.75) is 45.6 Å². The van der Waals surface area contributed by atoms with Gasteiger partial charge in [0.25, 0.3) is 5.91 Å². The Labute approximate surface area is 255 Å². The Bertz CT molecular complexity index is 1230. The smallest absolute Gasteiger partial charge is 0.252 e. The van der Waals surface area contributed by atoms with E-state index in [1.807, 2.05) is 88.2 Å². The predicted molar refractivity (Wildman–Crippen MR) is 168 cm³/mol. The number of methoxy groups -OCH3 is 1. The van der Waals surface area contributed by atoms with E-state index in [0.717, 1.165) is 22.4 Å². The van der Waals surface area contributed by atoms with Crippen LogP contribution in [0.15, 0.2) is 36.4 Å². The summed E-state index contributed by atoms with van der Waals surface area (Å²) in [7, 11) is 9.18. The highest BCUT2D eigenvalue weighted by Gasteiger charge is 2.37. The van der Waals surface area contributed by atoms with Gasteiger partial charge in [-0.05, 0) is 58.6 Å². The number of rotatable bonds is 14. The van der Waals surface area contributed by atoms with Crippen LogP contribution in [-0.2, 0) is 16.2 Å². The standard InChI is InChI=1S/C32H49N5O6/c1-9-36(10-2)32(41)28(19-34(4)5)33-31(40)24-14-23(15-25(16-24)35(6)7)26-13-11-12-22(30(26)42-8)17-37-18-27(21(3)39)29(20-38)43-37/h11-16,21,27-29,38-39H,9-10,17-20H2,1-8H3,(H,33,40)/t21-,27+,28+,29-/m0/s1. The minimum atomic E-state index is -0.694. The Morgan fingerprint density at radius 3 is 2.37 bits per heavy atom. The zero-order valence-corrected chi connectivity index (χ0v) is 26.8. The third-order valence-electron chi connectivity index (χ3n) is 7.86. The predicted octanol–water partition coefficient (Wildman–Crippen LogP) is 2.06. The Kier molecular flexibility index (Phi) is 12.3. The van der Waals surface area contributed by atoms with Gasteiger partial charge < -0.3 is 35.0 Å². The molecular weight excluding hydrogens is 550 g/mol. The number of nitrogens with zero attached hydrogens (tertiary/aromatic N) is 4. The molecule has 1 saturated heterocycles. The minimum Gasteiger partial charge on any atom is -0.496 e. The number of aliphatic hydroxyl groups excluding tert-OH is 2. The number of benzene rings is 2. The highest BCUT2D eigenvalue weighted by molar-refractivity contribution is 5.99. The summed E-state index contributed by atoms with van der Waals surface area (Å²) in [6.07, 6.45) is -1.09. The number of hydrogen-bond donors (Lipinski definition) is 3. The number of ether oxygens (including phenoxy) is 1. The molecule has 3 N–H and O–H groups in total. The fraction of sp³-hybridized carbons (Fsp3) is 0.562. The van der Waals surface area contributed by atoms with Crippen LogP contribution >= 0.6 is 0 Å². The molecule has 1 fully saturated rings. The van der Waals surface area contributed by atoms with Gasteiger partial charge in [0, 0.05) is 68.6 Å². The molecule has 43 heavy (non-hydrogen) atoms. The number of aliphatic hydroxyl groups is 2. The fourth-order valence-corrected chi connectivity index (χ4v) is 5.47. The zero-order chi connectivity index (χ0) is 31.8. The largest absolute Gasteiger partial charge is 0.496 e. The topological polar surface area (TPSA) is 118 Å². The van der Waals surface area contributed by atoms with E-state index in [2.05, 4.69) is 5.32 Å². The molecule has 0 unspecified atom stereocenters. The van der Waals surface area contributed by atoms with Gasteiger partial charge >= 0.3 is 0 Å². The van der Waals surface area contributed by atoms with Crippen molar-refractivity contribution in [3.05, 3.63) is 47.5 Å². The van der Waals surface area contributed by atoms with Gasteiger partial charge in [-0.15, -0.1) is 0 Å². The second-order valence-electron chi connectivity index (χ2n) is 11.5. The van der Waals surface area contributed by atoms with E-state index >= 15 is 0 Å². The molecule has 0 aliphatic carbocycles. The van der Waals surface area contributed by atoms with Crippen molar-refractivity contribution < 1.29 is 29.4 Å². The van der Waals surface area contributed by atoms with Crippen LogP contribution in [0.25, 0.3) is 11.1 Å². The molecule has 2 amide bonds. The zero-order valence-electron chi connectivity index (χ0n) is 26.8. The number of hydrogen-bond acceptors (Lipinski definition) is 9. The van der Waals surface area contributed by atoms with Crippen LogP contribution in [0.4, 0.5) is 5.69 Å². The molecule has 1 aliphatic heterocycles. The summed E-state index contributed by atoms with van der Waals surface area (Å²) in [5, 5.41) is 24.6. The van der Waals surface area contributed by atoms with E-state index in [4.69, 9.17) is 9.57 Å². The Hall–Kier alpha value is -3.22. The molecule has 2 aromatic rings. The molecule has 0 spiro atoms. The number of hydroxylamine groups is 2. The number of anilines is 1. The maximum absolute atomic E-state index is 13.7. The van der Waals surface area contributed by atoms with Crippen molar-refractivity contribution in [2.75, 3.05) is 73.0 Å². The van der Waals surface area contributed by atoms with Crippen LogP contribution in [0, 0.1) is 5.92 Å². The summed E-state index contributed by atoms with van der Waals surface area (Å²) in [4.78, 5) is 38.4. The lowest BCUT2D eigenvalue weighted by atomic mass is 9.97. The quantitative estimate of drug-likeness (QED) is 0.300. The lowest BCUT2D eigenvalue weighted by Gasteiger charge is -2.28. The summed E-state index contributed by atoms with van der Waals surface area (Å²) < 4.78 is 5.91. The summed E-state index contributed by atoms with van der Waals surface area (Å²) in [6.45, 7) is 7.74. The first-order valence-corrected chi connectivity index (χ1v) is 14.9. The number of carbonyl (C=O) groups excluding carboxylic acids is 2. The first-order valence-electron chi connectivity index (χ1n) is 14.9. The second kappa shape index (κ2) is 15.5. The third kappa shape index (κ3) is 8.45. The first kappa shape index (κ1) is 34.3. The third-order valence-corrected chi connectivity index (χ3v) is 7.86. The van der Waals surface area contributed by atoms with E-state index in [0.29, 0.717) is 44.0 Å². The summed E-state index contributed by atoms with van der Waals surface area (Å²) >= 11 is 0. The van der Waals surface area contributed by atoms with E-state index in [-0.39, 0.29) is 24.3 Å². The molecule has 0 bridgehead atoms. The fourth-order valence-electron chi connectivity index (χ4n) is 5.47. The molecule has 2 aromatic carbocycles. The van der Waals surface area contributed by atoms with Gasteiger partial charge in [-0.1, -0.05) is 18.2 Å². The van der Waals surface area contributed by atoms with Gasteiger partial charge in [-0.2, -0.15) is 5.06 Å². The van der Waals surface area contributed by atoms with E-state index in [1.165, 1.54) is 0 Å². The molecule has 11 nitrogen and oxygen atoms in total. The maximum atomic E-state index is 13.7. The molecule has 1 heterocycles. The van der Waals surface area contributed by atoms with Crippen molar-refractivity contribution in [1.82, 2.24) is 20.2 Å². The van der Waals surface area contributed by atoms with Gasteiger partial charge in [0.05, 0.1) is 26.4 Å². The Balaban J connectivity index is 1.97. The van der Waals surface area contributed by atoms with Crippen LogP contribution in [0.5, 0.6) is 5.75 Å². The minimum absolute atomic E-state index is 0.115. The van der Waals surface area contributed by atoms with Crippen molar-refractivity contribution in [1.29, 1.82) is 0 Å². The first-order chi connectivity index (χ1) is 20.4. The monoisotopic (exact) mass is 599 g/mol. The number of carbonyl (C=O) groups is 2. The lowest BCUT2D eigenvalue weighted by Crippen LogP contribution is -2.52. The second-order valence-corrected chi connectivity index (χ2v) is 11.5. The average Bonchev–Trinajstić information content (AvgIpc) is 3.40. The van der Waals surface area contributed by atoms with Crippen molar-refractivity contribution in [2.24, 2.45) is 5.92 Å². The molecule has 0 radical (unpaired) electrons. The molecule has 3 rings (SSSR count). The Morgan fingerprint density at radius 2 is 1.84 bits per heavy atom.